The van der Waals surface area contributed by atoms with Gasteiger partial charge in [0.2, 0.25) is 5.28 Å². The average molecular weight is 289 g/mol. The van der Waals surface area contributed by atoms with Crippen LogP contribution in [0.25, 0.3) is 11.0 Å². The van der Waals surface area contributed by atoms with Crippen molar-refractivity contribution in [2.45, 2.75) is 19.4 Å². The number of pyridine rings is 1. The molecule has 0 saturated carbocycles. The monoisotopic (exact) mass is 288 g/mol. The van der Waals surface area contributed by atoms with Gasteiger partial charge in [-0.2, -0.15) is 0 Å². The maximum Gasteiger partial charge on any atom is 0.222 e. The Morgan fingerprint density at radius 2 is 2.10 bits per heavy atom. The van der Waals surface area contributed by atoms with Crippen LogP contribution in [0.2, 0.25) is 5.28 Å². The summed E-state index contributed by atoms with van der Waals surface area (Å²) in [7, 11) is 0. The molecule has 0 aliphatic carbocycles. The van der Waals surface area contributed by atoms with E-state index in [1.54, 1.807) is 18.7 Å². The smallest absolute Gasteiger partial charge is 0.222 e. The van der Waals surface area contributed by atoms with E-state index in [9.17, 15) is 0 Å². The van der Waals surface area contributed by atoms with Gasteiger partial charge in [0.15, 0.2) is 0 Å². The first-order chi connectivity index (χ1) is 9.54. The summed E-state index contributed by atoms with van der Waals surface area (Å²) in [4.78, 5) is 19.7. The van der Waals surface area contributed by atoms with Crippen LogP contribution in [-0.4, -0.2) is 24.9 Å². The van der Waals surface area contributed by atoms with Crippen LogP contribution in [0, 0.1) is 0 Å². The van der Waals surface area contributed by atoms with Crippen molar-refractivity contribution < 1.29 is 0 Å². The lowest BCUT2D eigenvalue weighted by Crippen LogP contribution is -2.29. The van der Waals surface area contributed by atoms with E-state index in [0.717, 1.165) is 22.5 Å². The summed E-state index contributed by atoms with van der Waals surface area (Å²) in [5, 5.41) is 3.56. The molecule has 0 fully saturated rings. The van der Waals surface area contributed by atoms with Gasteiger partial charge in [-0.1, -0.05) is 0 Å². The molecule has 0 radical (unpaired) electrons. The second kappa shape index (κ2) is 4.72. The minimum Gasteiger partial charge on any atom is -0.359 e. The summed E-state index contributed by atoms with van der Waals surface area (Å²) in [5.74, 6) is 0.726. The first-order valence-corrected chi connectivity index (χ1v) is 6.49. The van der Waals surface area contributed by atoms with Crippen molar-refractivity contribution in [3.05, 3.63) is 41.8 Å². The Labute approximate surface area is 120 Å². The largest absolute Gasteiger partial charge is 0.359 e. The molecule has 3 aromatic heterocycles. The number of H-pyrrole nitrogens is 1. The van der Waals surface area contributed by atoms with Crippen LogP contribution in [0.5, 0.6) is 0 Å². The van der Waals surface area contributed by atoms with E-state index in [-0.39, 0.29) is 5.28 Å². The number of rotatable bonds is 3. The molecule has 0 saturated heterocycles. The van der Waals surface area contributed by atoms with Crippen LogP contribution in [0.4, 0.5) is 5.82 Å². The summed E-state index contributed by atoms with van der Waals surface area (Å²) in [6.07, 6.45) is 5.03. The SMILES string of the molecule is CC(C)(Nc1cc2nc[nH]c2cn1)c1ccnc(Cl)n1. The average Bonchev–Trinajstić information content (AvgIpc) is 2.85. The number of nitrogens with zero attached hydrogens (tertiary/aromatic N) is 4. The first-order valence-electron chi connectivity index (χ1n) is 6.11. The Morgan fingerprint density at radius 3 is 2.90 bits per heavy atom. The standard InChI is InChI=1S/C13H13ClN6/c1-13(2,10-3-4-15-12(14)19-10)20-11-5-8-9(6-16-11)18-7-17-8/h3-7H,1-2H3,(H,16,20)(H,17,18). The minimum atomic E-state index is -0.427. The van der Waals surface area contributed by atoms with Crippen LogP contribution >= 0.6 is 11.6 Å². The fourth-order valence-corrected chi connectivity index (χ4v) is 2.12. The van der Waals surface area contributed by atoms with Crippen molar-refractivity contribution in [2.75, 3.05) is 5.32 Å². The molecular weight excluding hydrogens is 276 g/mol. The number of aromatic nitrogens is 5. The predicted molar refractivity (Wildman–Crippen MR) is 77.6 cm³/mol. The fraction of sp³-hybridized carbons (Fsp3) is 0.231. The fourth-order valence-electron chi connectivity index (χ4n) is 1.97. The molecule has 3 heterocycles. The predicted octanol–water partition coefficient (Wildman–Crippen LogP) is 2.75. The Kier molecular flexibility index (Phi) is 3.02. The Hall–Kier alpha value is -2.21. The van der Waals surface area contributed by atoms with Crippen molar-refractivity contribution in [2.24, 2.45) is 0 Å². The van der Waals surface area contributed by atoms with Crippen LogP contribution in [0.3, 0.4) is 0 Å². The number of anilines is 1. The van der Waals surface area contributed by atoms with Crippen molar-refractivity contribution in [3.63, 3.8) is 0 Å². The molecule has 6 nitrogen and oxygen atoms in total. The van der Waals surface area contributed by atoms with Gasteiger partial charge >= 0.3 is 0 Å². The van der Waals surface area contributed by atoms with Gasteiger partial charge in [-0.05, 0) is 31.5 Å². The summed E-state index contributed by atoms with van der Waals surface area (Å²) < 4.78 is 0. The van der Waals surface area contributed by atoms with Gasteiger partial charge in [-0.25, -0.2) is 19.9 Å². The molecule has 0 amide bonds. The van der Waals surface area contributed by atoms with Crippen LogP contribution in [0.15, 0.2) is 30.9 Å². The third kappa shape index (κ3) is 2.42. The van der Waals surface area contributed by atoms with Crippen molar-refractivity contribution in [1.82, 2.24) is 24.9 Å². The lowest BCUT2D eigenvalue weighted by Gasteiger charge is -2.26. The van der Waals surface area contributed by atoms with Gasteiger partial charge in [-0.3, -0.25) is 0 Å². The number of nitrogens with one attached hydrogen (secondary N) is 2. The lowest BCUT2D eigenvalue weighted by atomic mass is 10.0. The maximum absolute atomic E-state index is 5.84. The van der Waals surface area contributed by atoms with Gasteiger partial charge < -0.3 is 10.3 Å². The zero-order valence-corrected chi connectivity index (χ0v) is 11.8. The second-order valence-corrected chi connectivity index (χ2v) is 5.29. The van der Waals surface area contributed by atoms with E-state index in [2.05, 4.69) is 30.2 Å². The highest BCUT2D eigenvalue weighted by Gasteiger charge is 2.23. The zero-order valence-electron chi connectivity index (χ0n) is 11.1. The third-order valence-corrected chi connectivity index (χ3v) is 3.20. The van der Waals surface area contributed by atoms with E-state index >= 15 is 0 Å². The third-order valence-electron chi connectivity index (χ3n) is 3.01. The zero-order chi connectivity index (χ0) is 14.2. The van der Waals surface area contributed by atoms with Gasteiger partial charge in [-0.15, -0.1) is 0 Å². The molecule has 2 N–H and O–H groups in total. The number of hydrogen-bond acceptors (Lipinski definition) is 5. The van der Waals surface area contributed by atoms with Crippen molar-refractivity contribution in [3.8, 4) is 0 Å². The van der Waals surface area contributed by atoms with E-state index in [1.807, 2.05) is 26.0 Å². The number of fused-ring (bicyclic) bond motifs is 1. The molecule has 0 atom stereocenters. The molecule has 0 aliphatic rings. The highest BCUT2D eigenvalue weighted by atomic mass is 35.5. The molecule has 102 valence electrons. The molecule has 20 heavy (non-hydrogen) atoms. The Morgan fingerprint density at radius 1 is 1.25 bits per heavy atom. The van der Waals surface area contributed by atoms with Gasteiger partial charge in [0.25, 0.3) is 0 Å². The second-order valence-electron chi connectivity index (χ2n) is 4.95. The van der Waals surface area contributed by atoms with E-state index in [1.165, 1.54) is 0 Å². The molecule has 7 heteroatoms. The number of halogens is 1. The van der Waals surface area contributed by atoms with E-state index in [0.29, 0.717) is 0 Å². The summed E-state index contributed by atoms with van der Waals surface area (Å²) in [5.41, 5.74) is 2.13. The summed E-state index contributed by atoms with van der Waals surface area (Å²) in [6, 6.07) is 3.71. The van der Waals surface area contributed by atoms with Crippen LogP contribution in [0.1, 0.15) is 19.5 Å². The highest BCUT2D eigenvalue weighted by Crippen LogP contribution is 2.24. The van der Waals surface area contributed by atoms with Gasteiger partial charge in [0.1, 0.15) is 5.82 Å². The number of hydrogen-bond donors (Lipinski definition) is 2. The summed E-state index contributed by atoms with van der Waals surface area (Å²) in [6.45, 7) is 4.00. The molecule has 3 rings (SSSR count). The molecule has 0 spiro atoms. The molecule has 0 bridgehead atoms. The van der Waals surface area contributed by atoms with Crippen molar-refractivity contribution in [1.29, 1.82) is 0 Å². The van der Waals surface area contributed by atoms with Gasteiger partial charge in [0, 0.05) is 12.3 Å². The van der Waals surface area contributed by atoms with Crippen LogP contribution in [-0.2, 0) is 5.54 Å². The Balaban J connectivity index is 1.92. The Bertz CT molecular complexity index is 751. The van der Waals surface area contributed by atoms with Crippen molar-refractivity contribution >= 4 is 28.5 Å². The first kappa shape index (κ1) is 12.8. The van der Waals surface area contributed by atoms with Crippen LogP contribution < -0.4 is 5.32 Å². The molecule has 3 aromatic rings. The number of aromatic amines is 1. The highest BCUT2D eigenvalue weighted by molar-refractivity contribution is 6.28. The van der Waals surface area contributed by atoms with E-state index < -0.39 is 5.54 Å². The molecule has 0 aromatic carbocycles. The quantitative estimate of drug-likeness (QED) is 0.725. The maximum atomic E-state index is 5.84. The molecule has 0 unspecified atom stereocenters. The number of imidazole rings is 1. The lowest BCUT2D eigenvalue weighted by molar-refractivity contribution is 0.582. The molecule has 0 aliphatic heterocycles. The van der Waals surface area contributed by atoms with E-state index in [4.69, 9.17) is 11.6 Å². The topological polar surface area (TPSA) is 79.4 Å². The minimum absolute atomic E-state index is 0.230. The summed E-state index contributed by atoms with van der Waals surface area (Å²) >= 11 is 5.84. The molecular formula is C13H13ClN6. The van der Waals surface area contributed by atoms with Gasteiger partial charge in [0.05, 0.1) is 34.8 Å². The normalized spacial score (nSPS) is 11.8.